The maximum Gasteiger partial charge on any atom is 0.404 e. The molecule has 25 heavy (non-hydrogen) atoms. The number of imidazole rings is 1. The first-order chi connectivity index (χ1) is 12.0. The summed E-state index contributed by atoms with van der Waals surface area (Å²) < 4.78 is 6.65. The molecular weight excluding hydrogens is 324 g/mol. The number of nitrogens with zero attached hydrogens (tertiary/aromatic N) is 4. The van der Waals surface area contributed by atoms with Crippen molar-refractivity contribution in [2.45, 2.75) is 44.8 Å². The van der Waals surface area contributed by atoms with Gasteiger partial charge in [0.05, 0.1) is 0 Å². The van der Waals surface area contributed by atoms with E-state index in [0.717, 1.165) is 12.8 Å². The normalized spacial score (nSPS) is 20.0. The van der Waals surface area contributed by atoms with Crippen molar-refractivity contribution in [2.24, 2.45) is 5.73 Å². The molecule has 2 amide bonds. The first-order valence-corrected chi connectivity index (χ1v) is 8.12. The van der Waals surface area contributed by atoms with Gasteiger partial charge in [-0.2, -0.15) is 0 Å². The standard InChI is InChI=1S/C16H20N6O3/c1-10-8-13(21-16(19-10)22-7-6-18-9-22)14(23)20-11-2-4-12(5-3-11)25-15(17)24/h6-9,11-12H,2-5H2,1H3,(H2,17,24)(H,20,23). The quantitative estimate of drug-likeness (QED) is 0.856. The number of hydrogen-bond acceptors (Lipinski definition) is 6. The molecule has 132 valence electrons. The lowest BCUT2D eigenvalue weighted by molar-refractivity contribution is 0.0709. The number of aromatic nitrogens is 4. The van der Waals surface area contributed by atoms with Gasteiger partial charge in [0.25, 0.3) is 5.91 Å². The molecule has 2 aromatic heterocycles. The second-order valence-electron chi connectivity index (χ2n) is 6.05. The minimum absolute atomic E-state index is 0.0205. The predicted molar refractivity (Wildman–Crippen MR) is 88.1 cm³/mol. The van der Waals surface area contributed by atoms with Gasteiger partial charge in [-0.15, -0.1) is 0 Å². The van der Waals surface area contributed by atoms with Crippen molar-refractivity contribution < 1.29 is 14.3 Å². The average molecular weight is 344 g/mol. The molecule has 0 aliphatic heterocycles. The Hall–Kier alpha value is -2.97. The lowest BCUT2D eigenvalue weighted by atomic mass is 9.93. The van der Waals surface area contributed by atoms with Gasteiger partial charge in [-0.3, -0.25) is 9.36 Å². The van der Waals surface area contributed by atoms with Crippen LogP contribution in [0.5, 0.6) is 0 Å². The largest absolute Gasteiger partial charge is 0.446 e. The summed E-state index contributed by atoms with van der Waals surface area (Å²) in [4.78, 5) is 35.9. The van der Waals surface area contributed by atoms with E-state index < -0.39 is 6.09 Å². The molecule has 2 heterocycles. The first kappa shape index (κ1) is 16.9. The van der Waals surface area contributed by atoms with Crippen molar-refractivity contribution in [2.75, 3.05) is 0 Å². The van der Waals surface area contributed by atoms with Gasteiger partial charge in [-0.05, 0) is 38.7 Å². The molecule has 1 aliphatic rings. The number of nitrogens with two attached hydrogens (primary N) is 1. The minimum atomic E-state index is -0.754. The minimum Gasteiger partial charge on any atom is -0.446 e. The zero-order valence-corrected chi connectivity index (χ0v) is 13.9. The Labute approximate surface area is 144 Å². The number of carbonyl (C=O) groups is 2. The summed E-state index contributed by atoms with van der Waals surface area (Å²) in [5, 5.41) is 2.98. The number of primary amides is 1. The molecule has 3 rings (SSSR count). The molecule has 0 unspecified atom stereocenters. The van der Waals surface area contributed by atoms with E-state index in [0.29, 0.717) is 30.2 Å². The molecule has 1 aliphatic carbocycles. The molecular formula is C16H20N6O3. The van der Waals surface area contributed by atoms with Crippen molar-refractivity contribution in [3.05, 3.63) is 36.2 Å². The molecule has 0 radical (unpaired) electrons. The Morgan fingerprint density at radius 1 is 1.28 bits per heavy atom. The zero-order chi connectivity index (χ0) is 17.8. The van der Waals surface area contributed by atoms with Gasteiger partial charge in [0.1, 0.15) is 18.1 Å². The van der Waals surface area contributed by atoms with Gasteiger partial charge < -0.3 is 15.8 Å². The lowest BCUT2D eigenvalue weighted by Crippen LogP contribution is -2.40. The first-order valence-electron chi connectivity index (χ1n) is 8.12. The third kappa shape index (κ3) is 4.31. The summed E-state index contributed by atoms with van der Waals surface area (Å²) in [5.41, 5.74) is 6.04. The van der Waals surface area contributed by atoms with Crippen LogP contribution in [0.15, 0.2) is 24.8 Å². The fourth-order valence-electron chi connectivity index (χ4n) is 2.91. The van der Waals surface area contributed by atoms with Crippen LogP contribution < -0.4 is 11.1 Å². The highest BCUT2D eigenvalue weighted by Gasteiger charge is 2.25. The number of rotatable bonds is 4. The predicted octanol–water partition coefficient (Wildman–Crippen LogP) is 1.11. The van der Waals surface area contributed by atoms with Gasteiger partial charge in [0.15, 0.2) is 0 Å². The van der Waals surface area contributed by atoms with Gasteiger partial charge in [-0.1, -0.05) is 0 Å². The Balaban J connectivity index is 1.63. The van der Waals surface area contributed by atoms with Gasteiger partial charge >= 0.3 is 6.09 Å². The molecule has 0 aromatic carbocycles. The summed E-state index contributed by atoms with van der Waals surface area (Å²) in [6.45, 7) is 1.81. The highest BCUT2D eigenvalue weighted by molar-refractivity contribution is 5.92. The smallest absolute Gasteiger partial charge is 0.404 e. The highest BCUT2D eigenvalue weighted by atomic mass is 16.6. The average Bonchev–Trinajstić information content (AvgIpc) is 3.10. The highest BCUT2D eigenvalue weighted by Crippen LogP contribution is 2.21. The molecule has 1 saturated carbocycles. The Bertz CT molecular complexity index is 753. The fourth-order valence-corrected chi connectivity index (χ4v) is 2.91. The van der Waals surface area contributed by atoms with Gasteiger partial charge in [0, 0.05) is 24.1 Å². The van der Waals surface area contributed by atoms with Crippen molar-refractivity contribution in [3.63, 3.8) is 0 Å². The van der Waals surface area contributed by atoms with E-state index in [1.165, 1.54) is 0 Å². The van der Waals surface area contributed by atoms with E-state index in [4.69, 9.17) is 10.5 Å². The maximum absolute atomic E-state index is 12.5. The van der Waals surface area contributed by atoms with E-state index in [-0.39, 0.29) is 18.1 Å². The molecule has 0 atom stereocenters. The fraction of sp³-hybridized carbons (Fsp3) is 0.438. The second-order valence-corrected chi connectivity index (χ2v) is 6.05. The molecule has 0 bridgehead atoms. The van der Waals surface area contributed by atoms with Crippen LogP contribution in [0.4, 0.5) is 4.79 Å². The number of aryl methyl sites for hydroxylation is 1. The molecule has 9 heteroatoms. The summed E-state index contributed by atoms with van der Waals surface area (Å²) in [6.07, 6.45) is 6.80. The van der Waals surface area contributed by atoms with Crippen molar-refractivity contribution in [1.82, 2.24) is 24.8 Å². The van der Waals surface area contributed by atoms with Crippen molar-refractivity contribution >= 4 is 12.0 Å². The van der Waals surface area contributed by atoms with Crippen LogP contribution in [-0.4, -0.2) is 43.7 Å². The Morgan fingerprint density at radius 2 is 2.04 bits per heavy atom. The van der Waals surface area contributed by atoms with Gasteiger partial charge in [0.2, 0.25) is 5.95 Å². The van der Waals surface area contributed by atoms with Crippen LogP contribution in [0, 0.1) is 6.92 Å². The SMILES string of the molecule is Cc1cc(C(=O)NC2CCC(OC(N)=O)CC2)nc(-n2ccnc2)n1. The second kappa shape index (κ2) is 7.29. The summed E-state index contributed by atoms with van der Waals surface area (Å²) in [6, 6.07) is 1.67. The lowest BCUT2D eigenvalue weighted by Gasteiger charge is -2.28. The molecule has 2 aromatic rings. The molecule has 1 fully saturated rings. The van der Waals surface area contributed by atoms with Crippen molar-refractivity contribution in [1.29, 1.82) is 0 Å². The van der Waals surface area contributed by atoms with Crippen LogP contribution >= 0.6 is 0 Å². The van der Waals surface area contributed by atoms with E-state index in [9.17, 15) is 9.59 Å². The van der Waals surface area contributed by atoms with Crippen LogP contribution in [0.3, 0.4) is 0 Å². The molecule has 3 N–H and O–H groups in total. The summed E-state index contributed by atoms with van der Waals surface area (Å²) >= 11 is 0. The monoisotopic (exact) mass is 344 g/mol. The van der Waals surface area contributed by atoms with E-state index >= 15 is 0 Å². The zero-order valence-electron chi connectivity index (χ0n) is 13.9. The van der Waals surface area contributed by atoms with Crippen LogP contribution in [0.1, 0.15) is 41.9 Å². The van der Waals surface area contributed by atoms with Crippen LogP contribution in [0.2, 0.25) is 0 Å². The van der Waals surface area contributed by atoms with Crippen LogP contribution in [-0.2, 0) is 4.74 Å². The summed E-state index contributed by atoms with van der Waals surface area (Å²) in [5.74, 6) is 0.160. The Kier molecular flexibility index (Phi) is 4.92. The van der Waals surface area contributed by atoms with Crippen LogP contribution in [0.25, 0.3) is 5.95 Å². The van der Waals surface area contributed by atoms with E-state index in [2.05, 4.69) is 20.3 Å². The molecule has 0 spiro atoms. The van der Waals surface area contributed by atoms with E-state index in [1.807, 2.05) is 6.92 Å². The molecule has 9 nitrogen and oxygen atoms in total. The number of hydrogen-bond donors (Lipinski definition) is 2. The van der Waals surface area contributed by atoms with E-state index in [1.54, 1.807) is 29.4 Å². The Morgan fingerprint density at radius 3 is 2.68 bits per heavy atom. The number of amides is 2. The number of ether oxygens (including phenoxy) is 1. The van der Waals surface area contributed by atoms with Crippen molar-refractivity contribution in [3.8, 4) is 5.95 Å². The summed E-state index contributed by atoms with van der Waals surface area (Å²) in [7, 11) is 0. The molecule has 0 saturated heterocycles. The number of carbonyl (C=O) groups excluding carboxylic acids is 2. The van der Waals surface area contributed by atoms with Gasteiger partial charge in [-0.25, -0.2) is 19.7 Å². The topological polar surface area (TPSA) is 125 Å². The number of nitrogens with one attached hydrogen (secondary N) is 1. The third-order valence-corrected chi connectivity index (χ3v) is 4.10. The third-order valence-electron chi connectivity index (χ3n) is 4.10. The maximum atomic E-state index is 12.5.